The lowest BCUT2D eigenvalue weighted by atomic mass is 10.2. The smallest absolute Gasteiger partial charge is 0.151 e. The van der Waals surface area contributed by atoms with Gasteiger partial charge in [0.2, 0.25) is 0 Å². The van der Waals surface area contributed by atoms with Crippen molar-refractivity contribution in [1.29, 1.82) is 0 Å². The first-order chi connectivity index (χ1) is 9.40. The average molecular weight is 267 g/mol. The number of thiophene rings is 1. The molecule has 4 aromatic rings. The molecule has 3 aromatic heterocycles. The van der Waals surface area contributed by atoms with Crippen LogP contribution in [0.4, 0.5) is 11.5 Å². The molecule has 0 atom stereocenters. The first-order valence-corrected chi connectivity index (χ1v) is 6.66. The van der Waals surface area contributed by atoms with E-state index in [1.165, 1.54) is 0 Å². The highest BCUT2D eigenvalue weighted by Crippen LogP contribution is 2.28. The number of hydrogen-bond donors (Lipinski definition) is 2. The molecular weight excluding hydrogens is 258 g/mol. The van der Waals surface area contributed by atoms with Crippen molar-refractivity contribution < 1.29 is 0 Å². The van der Waals surface area contributed by atoms with E-state index in [1.54, 1.807) is 24.0 Å². The molecule has 92 valence electrons. The molecule has 0 aliphatic rings. The second-order valence-electron chi connectivity index (χ2n) is 4.12. The van der Waals surface area contributed by atoms with E-state index in [4.69, 9.17) is 0 Å². The zero-order valence-electron chi connectivity index (χ0n) is 9.79. The minimum atomic E-state index is 0.829. The minimum Gasteiger partial charge on any atom is -0.345 e. The van der Waals surface area contributed by atoms with E-state index in [2.05, 4.69) is 25.3 Å². The molecule has 4 rings (SSSR count). The third kappa shape index (κ3) is 1.73. The number of aromatic nitrogens is 4. The highest BCUT2D eigenvalue weighted by molar-refractivity contribution is 7.17. The van der Waals surface area contributed by atoms with Crippen molar-refractivity contribution >= 4 is 44.1 Å². The van der Waals surface area contributed by atoms with Gasteiger partial charge in [0.1, 0.15) is 6.33 Å². The van der Waals surface area contributed by atoms with Gasteiger partial charge in [0.15, 0.2) is 5.82 Å². The lowest BCUT2D eigenvalue weighted by Gasteiger charge is -2.05. The zero-order chi connectivity index (χ0) is 12.7. The molecule has 0 aliphatic heterocycles. The summed E-state index contributed by atoms with van der Waals surface area (Å²) in [6.07, 6.45) is 3.26. The van der Waals surface area contributed by atoms with Crippen LogP contribution in [0, 0.1) is 0 Å². The Morgan fingerprint density at radius 1 is 1.05 bits per heavy atom. The summed E-state index contributed by atoms with van der Waals surface area (Å²) in [7, 11) is 0. The number of rotatable bonds is 2. The van der Waals surface area contributed by atoms with Crippen LogP contribution in [0.15, 0.2) is 42.3 Å². The Morgan fingerprint density at radius 2 is 2.05 bits per heavy atom. The minimum absolute atomic E-state index is 0.829. The summed E-state index contributed by atoms with van der Waals surface area (Å²) in [5.74, 6) is 0.829. The summed E-state index contributed by atoms with van der Waals surface area (Å²) < 4.78 is 1.06. The maximum Gasteiger partial charge on any atom is 0.151 e. The van der Waals surface area contributed by atoms with E-state index in [1.807, 2.05) is 29.6 Å². The summed E-state index contributed by atoms with van der Waals surface area (Å²) >= 11 is 1.63. The Kier molecular flexibility index (Phi) is 2.22. The van der Waals surface area contributed by atoms with Gasteiger partial charge in [-0.1, -0.05) is 0 Å². The number of benzene rings is 1. The van der Waals surface area contributed by atoms with Gasteiger partial charge in [-0.2, -0.15) is 0 Å². The largest absolute Gasteiger partial charge is 0.345 e. The van der Waals surface area contributed by atoms with Crippen LogP contribution >= 0.6 is 11.3 Å². The SMILES string of the molecule is c1nc(Nc2ccc3[nH]cnc3c2)c2sccc2n1. The molecule has 0 spiro atoms. The van der Waals surface area contributed by atoms with Gasteiger partial charge in [-0.15, -0.1) is 11.3 Å². The van der Waals surface area contributed by atoms with Crippen molar-refractivity contribution in [1.82, 2.24) is 19.9 Å². The molecule has 19 heavy (non-hydrogen) atoms. The lowest BCUT2D eigenvalue weighted by molar-refractivity contribution is 1.23. The van der Waals surface area contributed by atoms with Crippen molar-refractivity contribution in [3.63, 3.8) is 0 Å². The van der Waals surface area contributed by atoms with Crippen LogP contribution in [0.5, 0.6) is 0 Å². The first-order valence-electron chi connectivity index (χ1n) is 5.78. The van der Waals surface area contributed by atoms with E-state index in [0.29, 0.717) is 0 Å². The number of aromatic amines is 1. The quantitative estimate of drug-likeness (QED) is 0.584. The predicted octanol–water partition coefficient (Wildman–Crippen LogP) is 3.31. The fraction of sp³-hybridized carbons (Fsp3) is 0. The fourth-order valence-corrected chi connectivity index (χ4v) is 2.81. The molecule has 2 N–H and O–H groups in total. The number of fused-ring (bicyclic) bond motifs is 2. The second-order valence-corrected chi connectivity index (χ2v) is 5.03. The van der Waals surface area contributed by atoms with Gasteiger partial charge >= 0.3 is 0 Å². The van der Waals surface area contributed by atoms with Gasteiger partial charge < -0.3 is 10.3 Å². The van der Waals surface area contributed by atoms with E-state index >= 15 is 0 Å². The number of hydrogen-bond acceptors (Lipinski definition) is 5. The number of anilines is 2. The Bertz CT molecular complexity index is 863. The molecule has 0 radical (unpaired) electrons. The molecule has 0 saturated heterocycles. The first kappa shape index (κ1) is 10.5. The maximum absolute atomic E-state index is 4.30. The third-order valence-corrected chi connectivity index (χ3v) is 3.84. The summed E-state index contributed by atoms with van der Waals surface area (Å²) in [6.45, 7) is 0. The van der Waals surface area contributed by atoms with Crippen LogP contribution in [-0.2, 0) is 0 Å². The van der Waals surface area contributed by atoms with Gasteiger partial charge in [-0.05, 0) is 29.6 Å². The number of nitrogens with zero attached hydrogens (tertiary/aromatic N) is 3. The average Bonchev–Trinajstić information content (AvgIpc) is 3.06. The molecule has 0 fully saturated rings. The Hall–Kier alpha value is -2.47. The monoisotopic (exact) mass is 267 g/mol. The summed E-state index contributed by atoms with van der Waals surface area (Å²) in [6, 6.07) is 7.98. The third-order valence-electron chi connectivity index (χ3n) is 2.93. The molecular formula is C13H9N5S. The number of H-pyrrole nitrogens is 1. The van der Waals surface area contributed by atoms with Crippen molar-refractivity contribution in [3.05, 3.63) is 42.3 Å². The van der Waals surface area contributed by atoms with Crippen LogP contribution in [0.25, 0.3) is 21.3 Å². The number of imidazole rings is 1. The fourth-order valence-electron chi connectivity index (χ4n) is 2.02. The predicted molar refractivity (Wildman–Crippen MR) is 76.8 cm³/mol. The normalized spacial score (nSPS) is 11.2. The van der Waals surface area contributed by atoms with Crippen LogP contribution in [0.3, 0.4) is 0 Å². The Labute approximate surface area is 112 Å². The zero-order valence-corrected chi connectivity index (χ0v) is 10.6. The molecule has 5 nitrogen and oxygen atoms in total. The Morgan fingerprint density at radius 3 is 3.05 bits per heavy atom. The topological polar surface area (TPSA) is 66.5 Å². The van der Waals surface area contributed by atoms with Gasteiger partial charge in [-0.25, -0.2) is 15.0 Å². The maximum atomic E-state index is 4.30. The second kappa shape index (κ2) is 4.03. The van der Waals surface area contributed by atoms with Gasteiger partial charge in [0, 0.05) is 5.69 Å². The van der Waals surface area contributed by atoms with Gasteiger partial charge in [0.05, 0.1) is 27.6 Å². The van der Waals surface area contributed by atoms with E-state index in [0.717, 1.165) is 32.8 Å². The molecule has 0 aliphatic carbocycles. The van der Waals surface area contributed by atoms with Crippen LogP contribution in [0.2, 0.25) is 0 Å². The van der Waals surface area contributed by atoms with Crippen molar-refractivity contribution in [2.45, 2.75) is 0 Å². The summed E-state index contributed by atoms with van der Waals surface area (Å²) in [5, 5.41) is 5.34. The van der Waals surface area contributed by atoms with Crippen molar-refractivity contribution in [2.24, 2.45) is 0 Å². The Balaban J connectivity index is 1.79. The lowest BCUT2D eigenvalue weighted by Crippen LogP contribution is -1.94. The van der Waals surface area contributed by atoms with Crippen LogP contribution in [0.1, 0.15) is 0 Å². The molecule has 0 amide bonds. The molecule has 0 bridgehead atoms. The molecule has 1 aromatic carbocycles. The van der Waals surface area contributed by atoms with Gasteiger partial charge in [-0.3, -0.25) is 0 Å². The highest BCUT2D eigenvalue weighted by Gasteiger charge is 2.06. The van der Waals surface area contributed by atoms with Gasteiger partial charge in [0.25, 0.3) is 0 Å². The molecule has 0 saturated carbocycles. The van der Waals surface area contributed by atoms with E-state index < -0.39 is 0 Å². The van der Waals surface area contributed by atoms with Crippen LogP contribution in [-0.4, -0.2) is 19.9 Å². The van der Waals surface area contributed by atoms with E-state index in [-0.39, 0.29) is 0 Å². The molecule has 6 heteroatoms. The van der Waals surface area contributed by atoms with Crippen LogP contribution < -0.4 is 5.32 Å². The number of nitrogens with one attached hydrogen (secondary N) is 2. The molecule has 3 heterocycles. The van der Waals surface area contributed by atoms with Crippen molar-refractivity contribution in [2.75, 3.05) is 5.32 Å². The summed E-state index contributed by atoms with van der Waals surface area (Å²) in [5.41, 5.74) is 3.88. The highest BCUT2D eigenvalue weighted by atomic mass is 32.1. The van der Waals surface area contributed by atoms with Crippen molar-refractivity contribution in [3.8, 4) is 0 Å². The van der Waals surface area contributed by atoms with E-state index in [9.17, 15) is 0 Å². The molecule has 0 unspecified atom stereocenters. The summed E-state index contributed by atoms with van der Waals surface area (Å²) in [4.78, 5) is 15.9. The standard InChI is InChI=1S/C13H9N5S/c1-2-9-11(16-6-14-9)5-8(1)18-13-12-10(3-4-19-12)15-7-17-13/h1-7H,(H,14,16)(H,15,17,18).